The fourth-order valence-electron chi connectivity index (χ4n) is 4.34. The highest BCUT2D eigenvalue weighted by molar-refractivity contribution is 5.87. The van der Waals surface area contributed by atoms with Crippen LogP contribution in [-0.4, -0.2) is 55.7 Å². The molecule has 0 saturated carbocycles. The van der Waals surface area contributed by atoms with Gasteiger partial charge >= 0.3 is 0 Å². The van der Waals surface area contributed by atoms with Gasteiger partial charge in [0.05, 0.1) is 23.7 Å². The molecule has 2 atom stereocenters. The molecule has 0 aromatic carbocycles. The summed E-state index contributed by atoms with van der Waals surface area (Å²) in [5.74, 6) is 1.24. The van der Waals surface area contributed by atoms with E-state index in [1.54, 1.807) is 11.0 Å². The van der Waals surface area contributed by atoms with Gasteiger partial charge in [-0.05, 0) is 25.7 Å². The summed E-state index contributed by atoms with van der Waals surface area (Å²) in [5.41, 5.74) is 0.860. The van der Waals surface area contributed by atoms with Gasteiger partial charge in [-0.3, -0.25) is 9.48 Å². The molecule has 7 nitrogen and oxygen atoms in total. The third-order valence-electron chi connectivity index (χ3n) is 5.45. The molecule has 4 rings (SSSR count). The Balaban J connectivity index is 1.68. The van der Waals surface area contributed by atoms with E-state index in [1.807, 2.05) is 20.2 Å². The van der Waals surface area contributed by atoms with Crippen molar-refractivity contribution in [2.75, 3.05) is 18.0 Å². The molecule has 0 bridgehead atoms. The SMILES string of the molecule is CCC(=O)N1CCC[C@@H]1[C@@H]1CCCN1c1ncnc2c1cnn2C. The van der Waals surface area contributed by atoms with Crippen molar-refractivity contribution in [3.63, 3.8) is 0 Å². The number of fused-ring (bicyclic) bond motifs is 1. The molecular formula is C17H24N6O. The van der Waals surface area contributed by atoms with Gasteiger partial charge in [-0.1, -0.05) is 6.92 Å². The summed E-state index contributed by atoms with van der Waals surface area (Å²) in [7, 11) is 1.90. The molecular weight excluding hydrogens is 304 g/mol. The highest BCUT2D eigenvalue weighted by atomic mass is 16.2. The van der Waals surface area contributed by atoms with E-state index in [9.17, 15) is 4.79 Å². The second-order valence-electron chi connectivity index (χ2n) is 6.76. The molecule has 2 aliphatic heterocycles. The molecule has 0 radical (unpaired) electrons. The number of likely N-dealkylation sites (tertiary alicyclic amines) is 1. The van der Waals surface area contributed by atoms with Crippen molar-refractivity contribution in [2.24, 2.45) is 7.05 Å². The second kappa shape index (κ2) is 6.03. The van der Waals surface area contributed by atoms with E-state index < -0.39 is 0 Å². The average molecular weight is 328 g/mol. The number of hydrogen-bond acceptors (Lipinski definition) is 5. The Kier molecular flexibility index (Phi) is 3.86. The molecule has 0 spiro atoms. The Morgan fingerprint density at radius 3 is 2.83 bits per heavy atom. The van der Waals surface area contributed by atoms with E-state index in [0.717, 1.165) is 55.6 Å². The zero-order valence-corrected chi connectivity index (χ0v) is 14.4. The fraction of sp³-hybridized carbons (Fsp3) is 0.647. The molecule has 4 heterocycles. The lowest BCUT2D eigenvalue weighted by Gasteiger charge is -2.35. The monoisotopic (exact) mass is 328 g/mol. The van der Waals surface area contributed by atoms with Crippen LogP contribution in [-0.2, 0) is 11.8 Å². The van der Waals surface area contributed by atoms with Gasteiger partial charge in [0.2, 0.25) is 5.91 Å². The van der Waals surface area contributed by atoms with E-state index in [2.05, 4.69) is 24.9 Å². The maximum Gasteiger partial charge on any atom is 0.222 e. The summed E-state index contributed by atoms with van der Waals surface area (Å²) in [6.07, 6.45) is 8.51. The van der Waals surface area contributed by atoms with E-state index in [4.69, 9.17) is 0 Å². The van der Waals surface area contributed by atoms with Crippen molar-refractivity contribution < 1.29 is 4.79 Å². The lowest BCUT2D eigenvalue weighted by molar-refractivity contribution is -0.132. The zero-order valence-electron chi connectivity index (χ0n) is 14.4. The molecule has 1 amide bonds. The predicted octanol–water partition coefficient (Wildman–Crippen LogP) is 1.73. The van der Waals surface area contributed by atoms with Gasteiger partial charge in [0.15, 0.2) is 5.65 Å². The minimum atomic E-state index is 0.276. The number of nitrogens with zero attached hydrogens (tertiary/aromatic N) is 6. The van der Waals surface area contributed by atoms with Crippen molar-refractivity contribution in [3.05, 3.63) is 12.5 Å². The van der Waals surface area contributed by atoms with Crippen LogP contribution in [0.2, 0.25) is 0 Å². The zero-order chi connectivity index (χ0) is 16.7. The predicted molar refractivity (Wildman–Crippen MR) is 91.7 cm³/mol. The molecule has 128 valence electrons. The first kappa shape index (κ1) is 15.4. The van der Waals surface area contributed by atoms with Crippen molar-refractivity contribution >= 4 is 22.8 Å². The van der Waals surface area contributed by atoms with Gasteiger partial charge < -0.3 is 9.80 Å². The molecule has 2 fully saturated rings. The number of amides is 1. The topological polar surface area (TPSA) is 67.2 Å². The van der Waals surface area contributed by atoms with Crippen LogP contribution in [0.15, 0.2) is 12.5 Å². The largest absolute Gasteiger partial charge is 0.351 e. The van der Waals surface area contributed by atoms with Gasteiger partial charge in [-0.25, -0.2) is 9.97 Å². The summed E-state index contributed by atoms with van der Waals surface area (Å²) in [6.45, 7) is 3.83. The van der Waals surface area contributed by atoms with Crippen LogP contribution in [0.1, 0.15) is 39.0 Å². The minimum absolute atomic E-state index is 0.276. The van der Waals surface area contributed by atoms with Crippen LogP contribution in [0.5, 0.6) is 0 Å². The number of carbonyl (C=O) groups excluding carboxylic acids is 1. The molecule has 24 heavy (non-hydrogen) atoms. The first-order valence-electron chi connectivity index (χ1n) is 8.89. The first-order chi connectivity index (χ1) is 11.7. The van der Waals surface area contributed by atoms with Crippen molar-refractivity contribution in [1.29, 1.82) is 0 Å². The first-order valence-corrected chi connectivity index (χ1v) is 8.89. The molecule has 7 heteroatoms. The number of anilines is 1. The van der Waals surface area contributed by atoms with E-state index in [0.29, 0.717) is 18.5 Å². The van der Waals surface area contributed by atoms with Crippen LogP contribution >= 0.6 is 0 Å². The quantitative estimate of drug-likeness (QED) is 0.858. The third-order valence-corrected chi connectivity index (χ3v) is 5.45. The Hall–Kier alpha value is -2.18. The van der Waals surface area contributed by atoms with Gasteiger partial charge in [-0.15, -0.1) is 0 Å². The average Bonchev–Trinajstić information content (AvgIpc) is 3.33. The molecule has 2 aliphatic rings. The van der Waals surface area contributed by atoms with Gasteiger partial charge in [0.25, 0.3) is 0 Å². The smallest absolute Gasteiger partial charge is 0.222 e. The molecule has 0 unspecified atom stereocenters. The summed E-state index contributed by atoms with van der Waals surface area (Å²) in [6, 6.07) is 0.656. The second-order valence-corrected chi connectivity index (χ2v) is 6.76. The minimum Gasteiger partial charge on any atom is -0.351 e. The Morgan fingerprint density at radius 1 is 1.21 bits per heavy atom. The van der Waals surface area contributed by atoms with Crippen LogP contribution in [0.25, 0.3) is 11.0 Å². The molecule has 2 aromatic rings. The Labute approximate surface area is 141 Å². The molecule has 0 N–H and O–H groups in total. The number of carbonyl (C=O) groups is 1. The fourth-order valence-corrected chi connectivity index (χ4v) is 4.34. The normalized spacial score (nSPS) is 24.2. The standard InChI is InChI=1S/C17H24N6O/c1-3-15(24)22-8-4-6-13(22)14-7-5-9-23(14)17-12-10-20-21(2)16(12)18-11-19-17/h10-11,13-14H,3-9H2,1-2H3/t13-,14+/m1/s1. The number of rotatable bonds is 3. The summed E-state index contributed by atoms with van der Waals surface area (Å²) in [5, 5.41) is 5.33. The summed E-state index contributed by atoms with van der Waals surface area (Å²) >= 11 is 0. The third kappa shape index (κ3) is 2.34. The lowest BCUT2D eigenvalue weighted by atomic mass is 10.0. The van der Waals surface area contributed by atoms with Crippen molar-refractivity contribution in [2.45, 2.75) is 51.1 Å². The summed E-state index contributed by atoms with van der Waals surface area (Å²) < 4.78 is 1.79. The van der Waals surface area contributed by atoms with Crippen LogP contribution in [0.4, 0.5) is 5.82 Å². The maximum absolute atomic E-state index is 12.3. The van der Waals surface area contributed by atoms with Crippen LogP contribution < -0.4 is 4.90 Å². The highest BCUT2D eigenvalue weighted by Crippen LogP contribution is 2.35. The molecule has 0 aliphatic carbocycles. The van der Waals surface area contributed by atoms with Gasteiger partial charge in [0.1, 0.15) is 12.1 Å². The molecule has 2 aromatic heterocycles. The Bertz CT molecular complexity index is 757. The van der Waals surface area contributed by atoms with Crippen molar-refractivity contribution in [3.8, 4) is 0 Å². The maximum atomic E-state index is 12.3. The Morgan fingerprint density at radius 2 is 2.00 bits per heavy atom. The lowest BCUT2D eigenvalue weighted by Crippen LogP contribution is -2.48. The van der Waals surface area contributed by atoms with Crippen LogP contribution in [0, 0.1) is 0 Å². The number of hydrogen-bond donors (Lipinski definition) is 0. The van der Waals surface area contributed by atoms with Gasteiger partial charge in [-0.2, -0.15) is 5.10 Å². The van der Waals surface area contributed by atoms with Crippen molar-refractivity contribution in [1.82, 2.24) is 24.6 Å². The number of aromatic nitrogens is 4. The van der Waals surface area contributed by atoms with E-state index >= 15 is 0 Å². The summed E-state index contributed by atoms with van der Waals surface area (Å²) in [4.78, 5) is 25.7. The number of aryl methyl sites for hydroxylation is 1. The van der Waals surface area contributed by atoms with Crippen LogP contribution in [0.3, 0.4) is 0 Å². The van der Waals surface area contributed by atoms with E-state index in [1.165, 1.54) is 0 Å². The van der Waals surface area contributed by atoms with E-state index in [-0.39, 0.29) is 5.91 Å². The van der Waals surface area contributed by atoms with Gasteiger partial charge in [0, 0.05) is 26.6 Å². The highest BCUT2D eigenvalue weighted by Gasteiger charge is 2.40. The molecule has 2 saturated heterocycles.